The first-order chi connectivity index (χ1) is 7.56. The number of imidazole rings is 1. The van der Waals surface area contributed by atoms with Crippen LogP contribution in [0.1, 0.15) is 27.9 Å². The molecule has 0 atom stereocenters. The first-order valence-electron chi connectivity index (χ1n) is 5.42. The smallest absolute Gasteiger partial charge is 0.197 e. The highest BCUT2D eigenvalue weighted by molar-refractivity contribution is 5.40. The van der Waals surface area contributed by atoms with E-state index < -0.39 is 0 Å². The number of rotatable bonds is 2. The molecule has 2 rings (SSSR count). The Labute approximate surface area is 95.7 Å². The van der Waals surface area contributed by atoms with Gasteiger partial charge in [-0.3, -0.25) is 0 Å². The average molecular weight is 215 g/mol. The van der Waals surface area contributed by atoms with Crippen LogP contribution in [0.3, 0.4) is 0 Å². The molecule has 16 heavy (non-hydrogen) atoms. The largest absolute Gasteiger partial charge is 0.369 e. The molecule has 1 aromatic heterocycles. The van der Waals surface area contributed by atoms with E-state index in [1.165, 1.54) is 22.3 Å². The van der Waals surface area contributed by atoms with E-state index in [1.54, 1.807) is 6.20 Å². The minimum absolute atomic E-state index is 0.484. The lowest BCUT2D eigenvalue weighted by Gasteiger charge is -2.10. The van der Waals surface area contributed by atoms with Gasteiger partial charge in [-0.15, -0.1) is 0 Å². The minimum Gasteiger partial charge on any atom is -0.369 e. The molecule has 0 aliphatic rings. The first kappa shape index (κ1) is 10.7. The Bertz CT molecular complexity index is 489. The summed E-state index contributed by atoms with van der Waals surface area (Å²) in [4.78, 5) is 7.07. The van der Waals surface area contributed by atoms with E-state index in [0.29, 0.717) is 5.95 Å². The van der Waals surface area contributed by atoms with Crippen LogP contribution in [0.25, 0.3) is 0 Å². The van der Waals surface area contributed by atoms with Crippen molar-refractivity contribution < 1.29 is 0 Å². The van der Waals surface area contributed by atoms with Crippen LogP contribution in [0.15, 0.2) is 18.3 Å². The van der Waals surface area contributed by atoms with Crippen LogP contribution in [0, 0.1) is 20.8 Å². The molecule has 0 spiro atoms. The van der Waals surface area contributed by atoms with Gasteiger partial charge in [0.1, 0.15) is 0 Å². The van der Waals surface area contributed by atoms with Crippen molar-refractivity contribution in [3.8, 4) is 0 Å². The molecule has 0 saturated heterocycles. The van der Waals surface area contributed by atoms with Gasteiger partial charge >= 0.3 is 0 Å². The molecular weight excluding hydrogens is 198 g/mol. The topological polar surface area (TPSA) is 54.7 Å². The molecule has 0 aliphatic heterocycles. The van der Waals surface area contributed by atoms with Gasteiger partial charge < -0.3 is 10.7 Å². The minimum atomic E-state index is 0.484. The second-order valence-corrected chi connectivity index (χ2v) is 4.35. The third-order valence-corrected chi connectivity index (χ3v) is 2.86. The zero-order valence-electron chi connectivity index (χ0n) is 9.96. The van der Waals surface area contributed by atoms with Crippen molar-refractivity contribution in [2.45, 2.75) is 27.2 Å². The lowest BCUT2D eigenvalue weighted by Crippen LogP contribution is -1.97. The predicted molar refractivity (Wildman–Crippen MR) is 66.5 cm³/mol. The molecule has 3 heteroatoms. The third-order valence-electron chi connectivity index (χ3n) is 2.86. The summed E-state index contributed by atoms with van der Waals surface area (Å²) < 4.78 is 0. The van der Waals surface area contributed by atoms with Crippen LogP contribution in [0.2, 0.25) is 0 Å². The van der Waals surface area contributed by atoms with Crippen molar-refractivity contribution in [3.05, 3.63) is 46.3 Å². The van der Waals surface area contributed by atoms with Crippen LogP contribution in [0.4, 0.5) is 5.95 Å². The molecule has 0 bridgehead atoms. The highest BCUT2D eigenvalue weighted by Gasteiger charge is 2.06. The third kappa shape index (κ3) is 2.08. The molecule has 0 unspecified atom stereocenters. The Kier molecular flexibility index (Phi) is 2.69. The molecule has 3 nitrogen and oxygen atoms in total. The maximum Gasteiger partial charge on any atom is 0.197 e. The number of nitrogen functional groups attached to an aromatic ring is 1. The maximum atomic E-state index is 5.57. The number of aromatic nitrogens is 2. The molecule has 1 heterocycles. The van der Waals surface area contributed by atoms with Crippen molar-refractivity contribution in [1.82, 2.24) is 9.97 Å². The first-order valence-corrected chi connectivity index (χ1v) is 5.42. The summed E-state index contributed by atoms with van der Waals surface area (Å²) in [7, 11) is 0. The van der Waals surface area contributed by atoms with E-state index >= 15 is 0 Å². The van der Waals surface area contributed by atoms with Crippen molar-refractivity contribution >= 4 is 5.95 Å². The van der Waals surface area contributed by atoms with Gasteiger partial charge in [-0.1, -0.05) is 17.7 Å². The number of nitrogens with two attached hydrogens (primary N) is 1. The molecule has 0 amide bonds. The van der Waals surface area contributed by atoms with Crippen LogP contribution in [-0.4, -0.2) is 9.97 Å². The van der Waals surface area contributed by atoms with Crippen molar-refractivity contribution in [1.29, 1.82) is 0 Å². The molecule has 0 fully saturated rings. The van der Waals surface area contributed by atoms with E-state index in [-0.39, 0.29) is 0 Å². The van der Waals surface area contributed by atoms with Crippen LogP contribution < -0.4 is 5.73 Å². The fourth-order valence-electron chi connectivity index (χ4n) is 2.15. The van der Waals surface area contributed by atoms with Gasteiger partial charge in [-0.25, -0.2) is 4.98 Å². The number of aromatic amines is 1. The molecule has 2 aromatic rings. The second-order valence-electron chi connectivity index (χ2n) is 4.35. The van der Waals surface area contributed by atoms with E-state index in [4.69, 9.17) is 5.73 Å². The molecule has 0 radical (unpaired) electrons. The van der Waals surface area contributed by atoms with Gasteiger partial charge in [0.15, 0.2) is 5.95 Å². The monoisotopic (exact) mass is 215 g/mol. The second kappa shape index (κ2) is 4.00. The van der Waals surface area contributed by atoms with Gasteiger partial charge in [-0.05, 0) is 37.5 Å². The number of aryl methyl sites for hydroxylation is 3. The van der Waals surface area contributed by atoms with Crippen molar-refractivity contribution in [2.24, 2.45) is 0 Å². The maximum absolute atomic E-state index is 5.57. The van der Waals surface area contributed by atoms with Gasteiger partial charge in [0.05, 0.1) is 6.20 Å². The number of anilines is 1. The fraction of sp³-hybridized carbons (Fsp3) is 0.308. The molecular formula is C13H17N3. The fourth-order valence-corrected chi connectivity index (χ4v) is 2.15. The zero-order valence-corrected chi connectivity index (χ0v) is 9.96. The van der Waals surface area contributed by atoms with Gasteiger partial charge in [0.25, 0.3) is 0 Å². The number of nitrogens with zero attached hydrogens (tertiary/aromatic N) is 1. The zero-order chi connectivity index (χ0) is 11.7. The Hall–Kier alpha value is -1.77. The molecule has 3 N–H and O–H groups in total. The standard InChI is InChI=1S/C13H17N3/c1-8-4-9(2)12(10(3)5-8)6-11-7-15-13(14)16-11/h4-5,7H,6H2,1-3H3,(H3,14,15,16). The molecule has 84 valence electrons. The Morgan fingerprint density at radius 1 is 1.19 bits per heavy atom. The highest BCUT2D eigenvalue weighted by Crippen LogP contribution is 2.19. The molecule has 0 saturated carbocycles. The predicted octanol–water partition coefficient (Wildman–Crippen LogP) is 2.51. The number of benzene rings is 1. The van der Waals surface area contributed by atoms with Crippen molar-refractivity contribution in [3.63, 3.8) is 0 Å². The summed E-state index contributed by atoms with van der Waals surface area (Å²) >= 11 is 0. The van der Waals surface area contributed by atoms with E-state index in [1.807, 2.05) is 0 Å². The van der Waals surface area contributed by atoms with Crippen LogP contribution in [0.5, 0.6) is 0 Å². The van der Waals surface area contributed by atoms with Gasteiger partial charge in [0, 0.05) is 12.1 Å². The Morgan fingerprint density at radius 3 is 2.31 bits per heavy atom. The normalized spacial score (nSPS) is 10.7. The van der Waals surface area contributed by atoms with Gasteiger partial charge in [-0.2, -0.15) is 0 Å². The van der Waals surface area contributed by atoms with Crippen LogP contribution >= 0.6 is 0 Å². The lowest BCUT2D eigenvalue weighted by molar-refractivity contribution is 1.06. The SMILES string of the molecule is Cc1cc(C)c(Cc2cnc(N)[nH]2)c(C)c1. The number of hydrogen-bond acceptors (Lipinski definition) is 2. The summed E-state index contributed by atoms with van der Waals surface area (Å²) in [5, 5.41) is 0. The summed E-state index contributed by atoms with van der Waals surface area (Å²) in [6.07, 6.45) is 2.66. The van der Waals surface area contributed by atoms with Gasteiger partial charge in [0.2, 0.25) is 0 Å². The average Bonchev–Trinajstić information content (AvgIpc) is 2.58. The summed E-state index contributed by atoms with van der Waals surface area (Å²) in [5.41, 5.74) is 11.9. The quantitative estimate of drug-likeness (QED) is 0.808. The molecule has 0 aliphatic carbocycles. The number of hydrogen-bond donors (Lipinski definition) is 2. The Morgan fingerprint density at radius 2 is 1.81 bits per heavy atom. The lowest BCUT2D eigenvalue weighted by atomic mass is 9.96. The van der Waals surface area contributed by atoms with E-state index in [0.717, 1.165) is 12.1 Å². The molecule has 1 aromatic carbocycles. The van der Waals surface area contributed by atoms with Crippen molar-refractivity contribution in [2.75, 3.05) is 5.73 Å². The summed E-state index contributed by atoms with van der Waals surface area (Å²) in [5.74, 6) is 0.484. The summed E-state index contributed by atoms with van der Waals surface area (Å²) in [6, 6.07) is 4.42. The highest BCUT2D eigenvalue weighted by atomic mass is 15.0. The Balaban J connectivity index is 2.34. The van der Waals surface area contributed by atoms with E-state index in [2.05, 4.69) is 42.9 Å². The number of nitrogens with one attached hydrogen (secondary N) is 1. The van der Waals surface area contributed by atoms with E-state index in [9.17, 15) is 0 Å². The summed E-state index contributed by atoms with van der Waals surface area (Å²) in [6.45, 7) is 6.42. The number of H-pyrrole nitrogens is 1. The van der Waals surface area contributed by atoms with Crippen LogP contribution in [-0.2, 0) is 6.42 Å².